The fraction of sp³-hybridized carbons (Fsp3) is 1.00. The number of rotatable bonds is 5. The van der Waals surface area contributed by atoms with Crippen molar-refractivity contribution in [3.05, 3.63) is 0 Å². The van der Waals surface area contributed by atoms with Gasteiger partial charge < -0.3 is 9.47 Å². The summed E-state index contributed by atoms with van der Waals surface area (Å²) in [5, 5.41) is 1.13. The lowest BCUT2D eigenvalue weighted by Crippen LogP contribution is -2.31. The molecule has 16 heavy (non-hydrogen) atoms. The highest BCUT2D eigenvalue weighted by atomic mass is 79.9. The Balaban J connectivity index is 1.69. The van der Waals surface area contributed by atoms with Gasteiger partial charge in [0.15, 0.2) is 0 Å². The second kappa shape index (κ2) is 6.36. The largest absolute Gasteiger partial charge is 0.381 e. The molecule has 0 aromatic carbocycles. The molecule has 0 saturated carbocycles. The van der Waals surface area contributed by atoms with Crippen molar-refractivity contribution in [2.75, 3.05) is 25.2 Å². The quantitative estimate of drug-likeness (QED) is 0.721. The van der Waals surface area contributed by atoms with E-state index >= 15 is 0 Å². The molecule has 0 aromatic heterocycles. The van der Waals surface area contributed by atoms with E-state index in [0.717, 1.165) is 25.2 Å². The van der Waals surface area contributed by atoms with Crippen LogP contribution in [0.4, 0.5) is 0 Å². The van der Waals surface area contributed by atoms with E-state index in [1.165, 1.54) is 44.9 Å². The highest BCUT2D eigenvalue weighted by Gasteiger charge is 2.31. The van der Waals surface area contributed by atoms with E-state index in [0.29, 0.717) is 11.5 Å². The molecule has 2 rings (SSSR count). The molecule has 0 aliphatic carbocycles. The number of ether oxygens (including phenoxy) is 2. The molecule has 2 aliphatic rings. The van der Waals surface area contributed by atoms with Gasteiger partial charge in [0.2, 0.25) is 0 Å². The lowest BCUT2D eigenvalue weighted by Gasteiger charge is -2.36. The number of alkyl halides is 1. The van der Waals surface area contributed by atoms with Crippen LogP contribution in [-0.4, -0.2) is 31.3 Å². The van der Waals surface area contributed by atoms with E-state index in [9.17, 15) is 0 Å². The summed E-state index contributed by atoms with van der Waals surface area (Å²) in [6, 6.07) is 0. The Bertz CT molecular complexity index is 196. The van der Waals surface area contributed by atoms with Crippen LogP contribution in [0.2, 0.25) is 0 Å². The van der Waals surface area contributed by atoms with Crippen molar-refractivity contribution < 1.29 is 9.47 Å². The third-order valence-electron chi connectivity index (χ3n) is 4.09. The predicted molar refractivity (Wildman–Crippen MR) is 69.1 cm³/mol. The van der Waals surface area contributed by atoms with Crippen molar-refractivity contribution in [1.82, 2.24) is 0 Å². The molecule has 94 valence electrons. The summed E-state index contributed by atoms with van der Waals surface area (Å²) in [5.74, 6) is 0. The van der Waals surface area contributed by atoms with Gasteiger partial charge in [0.25, 0.3) is 0 Å². The van der Waals surface area contributed by atoms with Gasteiger partial charge in [0, 0.05) is 25.2 Å². The highest BCUT2D eigenvalue weighted by molar-refractivity contribution is 9.09. The van der Waals surface area contributed by atoms with Crippen LogP contribution >= 0.6 is 15.9 Å². The molecule has 0 spiro atoms. The van der Waals surface area contributed by atoms with Crippen molar-refractivity contribution in [2.45, 2.75) is 51.0 Å². The van der Waals surface area contributed by atoms with Gasteiger partial charge in [-0.15, -0.1) is 0 Å². The fourth-order valence-electron chi connectivity index (χ4n) is 2.83. The van der Waals surface area contributed by atoms with Crippen molar-refractivity contribution in [3.63, 3.8) is 0 Å². The lowest BCUT2D eigenvalue weighted by atomic mass is 9.78. The van der Waals surface area contributed by atoms with Crippen molar-refractivity contribution >= 4 is 15.9 Å². The molecule has 0 radical (unpaired) electrons. The van der Waals surface area contributed by atoms with Crippen molar-refractivity contribution in [2.24, 2.45) is 5.41 Å². The van der Waals surface area contributed by atoms with Crippen LogP contribution in [0.25, 0.3) is 0 Å². The minimum absolute atomic E-state index is 0.511. The molecule has 0 amide bonds. The first-order valence-electron chi connectivity index (χ1n) is 6.60. The first-order chi connectivity index (χ1) is 7.85. The number of hydrogen-bond donors (Lipinski definition) is 0. The second-order valence-electron chi connectivity index (χ2n) is 5.27. The van der Waals surface area contributed by atoms with Gasteiger partial charge >= 0.3 is 0 Å². The van der Waals surface area contributed by atoms with Crippen LogP contribution in [0.1, 0.15) is 44.9 Å². The maximum Gasteiger partial charge on any atom is 0.0576 e. The van der Waals surface area contributed by atoms with E-state index in [2.05, 4.69) is 15.9 Å². The summed E-state index contributed by atoms with van der Waals surface area (Å²) in [6.07, 6.45) is 9.47. The summed E-state index contributed by atoms with van der Waals surface area (Å²) in [5.41, 5.74) is 0.511. The molecule has 2 nitrogen and oxygen atoms in total. The third-order valence-corrected chi connectivity index (χ3v) is 5.28. The molecule has 2 fully saturated rings. The molecule has 1 atom stereocenters. The summed E-state index contributed by atoms with van der Waals surface area (Å²) in [4.78, 5) is 0. The monoisotopic (exact) mass is 290 g/mol. The minimum atomic E-state index is 0.511. The highest BCUT2D eigenvalue weighted by Crippen LogP contribution is 2.38. The molecule has 1 unspecified atom stereocenters. The van der Waals surface area contributed by atoms with E-state index in [-0.39, 0.29) is 0 Å². The van der Waals surface area contributed by atoms with Gasteiger partial charge in [-0.05, 0) is 43.9 Å². The zero-order chi connectivity index (χ0) is 11.3. The first-order valence-corrected chi connectivity index (χ1v) is 7.72. The third kappa shape index (κ3) is 3.44. The molecular weight excluding hydrogens is 268 g/mol. The van der Waals surface area contributed by atoms with E-state index in [1.54, 1.807) is 0 Å². The maximum absolute atomic E-state index is 5.67. The average Bonchev–Trinajstić information content (AvgIpc) is 2.83. The molecule has 2 heterocycles. The molecular formula is C13H23BrO2. The van der Waals surface area contributed by atoms with Crippen LogP contribution in [0.5, 0.6) is 0 Å². The van der Waals surface area contributed by atoms with Crippen LogP contribution in [0.3, 0.4) is 0 Å². The minimum Gasteiger partial charge on any atom is -0.381 e. The van der Waals surface area contributed by atoms with E-state index in [1.807, 2.05) is 0 Å². The lowest BCUT2D eigenvalue weighted by molar-refractivity contribution is 0.0190. The average molecular weight is 291 g/mol. The Morgan fingerprint density at radius 1 is 1.19 bits per heavy atom. The number of halogens is 1. The summed E-state index contributed by atoms with van der Waals surface area (Å²) >= 11 is 3.70. The molecule has 2 aliphatic heterocycles. The van der Waals surface area contributed by atoms with Gasteiger partial charge in [0.1, 0.15) is 0 Å². The fourth-order valence-corrected chi connectivity index (χ4v) is 3.67. The Hall–Kier alpha value is 0.400. The summed E-state index contributed by atoms with van der Waals surface area (Å²) in [7, 11) is 0. The van der Waals surface area contributed by atoms with E-state index < -0.39 is 0 Å². The smallest absolute Gasteiger partial charge is 0.0576 e. The second-order valence-corrected chi connectivity index (χ2v) is 5.83. The molecule has 0 bridgehead atoms. The SMILES string of the molecule is BrCC1(CCCC2CCCO2)CCOCC1. The topological polar surface area (TPSA) is 18.5 Å². The normalized spacial score (nSPS) is 29.4. The Labute approximate surface area is 107 Å². The summed E-state index contributed by atoms with van der Waals surface area (Å²) in [6.45, 7) is 2.89. The Kier molecular flexibility index (Phi) is 5.11. The standard InChI is InChI=1S/C13H23BrO2/c14-11-13(6-9-15-10-7-13)5-1-3-12-4-2-8-16-12/h12H,1-11H2. The predicted octanol–water partition coefficient (Wildman–Crippen LogP) is 3.53. The van der Waals surface area contributed by atoms with Gasteiger partial charge in [-0.3, -0.25) is 0 Å². The van der Waals surface area contributed by atoms with Crippen molar-refractivity contribution in [1.29, 1.82) is 0 Å². The molecule has 2 saturated heterocycles. The van der Waals surface area contributed by atoms with Crippen LogP contribution in [0, 0.1) is 5.41 Å². The van der Waals surface area contributed by atoms with Crippen molar-refractivity contribution in [3.8, 4) is 0 Å². The summed E-state index contributed by atoms with van der Waals surface area (Å²) < 4.78 is 11.1. The number of hydrogen-bond acceptors (Lipinski definition) is 2. The van der Waals surface area contributed by atoms with E-state index in [4.69, 9.17) is 9.47 Å². The van der Waals surface area contributed by atoms with Crippen LogP contribution in [0.15, 0.2) is 0 Å². The molecule has 3 heteroatoms. The van der Waals surface area contributed by atoms with Gasteiger partial charge in [-0.25, -0.2) is 0 Å². The van der Waals surface area contributed by atoms with Crippen LogP contribution < -0.4 is 0 Å². The van der Waals surface area contributed by atoms with Gasteiger partial charge in [-0.2, -0.15) is 0 Å². The van der Waals surface area contributed by atoms with Gasteiger partial charge in [0.05, 0.1) is 6.10 Å². The zero-order valence-electron chi connectivity index (χ0n) is 10.0. The first kappa shape index (κ1) is 12.8. The van der Waals surface area contributed by atoms with Gasteiger partial charge in [-0.1, -0.05) is 22.4 Å². The van der Waals surface area contributed by atoms with Crippen LogP contribution in [-0.2, 0) is 9.47 Å². The molecule has 0 aromatic rings. The zero-order valence-corrected chi connectivity index (χ0v) is 11.6. The Morgan fingerprint density at radius 2 is 2.00 bits per heavy atom. The maximum atomic E-state index is 5.67. The molecule has 0 N–H and O–H groups in total. The Morgan fingerprint density at radius 3 is 2.62 bits per heavy atom.